The Kier molecular flexibility index (Phi) is 5.27. The van der Waals surface area contributed by atoms with E-state index in [2.05, 4.69) is 30.1 Å². The van der Waals surface area contributed by atoms with Crippen LogP contribution in [0, 0.1) is 12.3 Å². The van der Waals surface area contributed by atoms with Crippen LogP contribution in [0.4, 0.5) is 5.82 Å². The van der Waals surface area contributed by atoms with Crippen molar-refractivity contribution in [3.63, 3.8) is 0 Å². The monoisotopic (exact) mass is 251 g/mol. The molecule has 17 heavy (non-hydrogen) atoms. The van der Waals surface area contributed by atoms with Gasteiger partial charge >= 0.3 is 0 Å². The zero-order valence-electron chi connectivity index (χ0n) is 10.5. The van der Waals surface area contributed by atoms with Crippen LogP contribution < -0.4 is 10.2 Å². The summed E-state index contributed by atoms with van der Waals surface area (Å²) in [7, 11) is 1.91. The molecule has 0 radical (unpaired) electrons. The van der Waals surface area contributed by atoms with Crippen LogP contribution in [0.2, 0.25) is 5.02 Å². The number of anilines is 1. The van der Waals surface area contributed by atoms with Gasteiger partial charge in [0, 0.05) is 25.8 Å². The summed E-state index contributed by atoms with van der Waals surface area (Å²) in [6.07, 6.45) is 6.94. The van der Waals surface area contributed by atoms with Gasteiger partial charge < -0.3 is 10.2 Å². The highest BCUT2D eigenvalue weighted by Gasteiger charge is 2.06. The van der Waals surface area contributed by atoms with E-state index in [1.54, 1.807) is 6.20 Å². The molecular weight excluding hydrogens is 234 g/mol. The van der Waals surface area contributed by atoms with E-state index in [1.807, 2.05) is 18.0 Å². The Morgan fingerprint density at radius 3 is 2.88 bits per heavy atom. The van der Waals surface area contributed by atoms with E-state index in [9.17, 15) is 0 Å². The van der Waals surface area contributed by atoms with Gasteiger partial charge in [0.25, 0.3) is 0 Å². The Hall–Kier alpha value is -1.24. The predicted octanol–water partition coefficient (Wildman–Crippen LogP) is 2.30. The van der Waals surface area contributed by atoms with Gasteiger partial charge in [-0.15, -0.1) is 6.42 Å². The number of nitrogens with zero attached hydrogens (tertiary/aromatic N) is 2. The average Bonchev–Trinajstić information content (AvgIpc) is 2.28. The van der Waals surface area contributed by atoms with Gasteiger partial charge in [-0.25, -0.2) is 4.98 Å². The first-order chi connectivity index (χ1) is 8.04. The number of aromatic nitrogens is 1. The first-order valence-electron chi connectivity index (χ1n) is 5.57. The second-order valence-corrected chi connectivity index (χ2v) is 4.64. The molecule has 0 saturated carbocycles. The number of halogens is 1. The van der Waals surface area contributed by atoms with Crippen molar-refractivity contribution in [2.45, 2.75) is 26.4 Å². The zero-order chi connectivity index (χ0) is 12.8. The van der Waals surface area contributed by atoms with Gasteiger partial charge in [-0.1, -0.05) is 31.4 Å². The van der Waals surface area contributed by atoms with E-state index < -0.39 is 0 Å². The van der Waals surface area contributed by atoms with Gasteiger partial charge in [-0.3, -0.25) is 0 Å². The number of rotatable bonds is 5. The van der Waals surface area contributed by atoms with Crippen LogP contribution in [-0.4, -0.2) is 24.6 Å². The van der Waals surface area contributed by atoms with E-state index in [0.717, 1.165) is 17.9 Å². The molecule has 3 nitrogen and oxygen atoms in total. The van der Waals surface area contributed by atoms with Crippen molar-refractivity contribution < 1.29 is 0 Å². The molecule has 4 heteroatoms. The van der Waals surface area contributed by atoms with E-state index in [1.165, 1.54) is 0 Å². The number of nitrogens with one attached hydrogen (secondary N) is 1. The lowest BCUT2D eigenvalue weighted by molar-refractivity contribution is 0.588. The third-order valence-electron chi connectivity index (χ3n) is 2.34. The highest BCUT2D eigenvalue weighted by molar-refractivity contribution is 6.31. The molecule has 0 unspecified atom stereocenters. The number of hydrogen-bond acceptors (Lipinski definition) is 3. The smallest absolute Gasteiger partial charge is 0.129 e. The van der Waals surface area contributed by atoms with E-state index >= 15 is 0 Å². The van der Waals surface area contributed by atoms with Crippen molar-refractivity contribution >= 4 is 17.4 Å². The highest BCUT2D eigenvalue weighted by Crippen LogP contribution is 2.19. The van der Waals surface area contributed by atoms with E-state index in [-0.39, 0.29) is 0 Å². The standard InChI is InChI=1S/C13H18ClN3/c1-5-6-17(4)13-7-11(8-15-10(2)3)12(14)9-16-13/h1,7,9-10,15H,6,8H2,2-4H3. The largest absolute Gasteiger partial charge is 0.349 e. The minimum Gasteiger partial charge on any atom is -0.349 e. The second kappa shape index (κ2) is 6.48. The van der Waals surface area contributed by atoms with Gasteiger partial charge in [-0.2, -0.15) is 0 Å². The maximum atomic E-state index is 6.10. The molecule has 1 heterocycles. The SMILES string of the molecule is C#CCN(C)c1cc(CNC(C)C)c(Cl)cn1. The lowest BCUT2D eigenvalue weighted by Gasteiger charge is -2.17. The molecule has 0 saturated heterocycles. The number of hydrogen-bond donors (Lipinski definition) is 1. The summed E-state index contributed by atoms with van der Waals surface area (Å²) >= 11 is 6.10. The van der Waals surface area contributed by atoms with Gasteiger partial charge in [-0.05, 0) is 11.6 Å². The van der Waals surface area contributed by atoms with Crippen molar-refractivity contribution in [1.82, 2.24) is 10.3 Å². The van der Waals surface area contributed by atoms with Gasteiger partial charge in [0.2, 0.25) is 0 Å². The van der Waals surface area contributed by atoms with Crippen LogP contribution in [0.3, 0.4) is 0 Å². The molecule has 0 aliphatic heterocycles. The predicted molar refractivity (Wildman–Crippen MR) is 73.3 cm³/mol. The first kappa shape index (κ1) is 13.8. The maximum absolute atomic E-state index is 6.10. The van der Waals surface area contributed by atoms with Crippen LogP contribution in [0.25, 0.3) is 0 Å². The molecule has 0 atom stereocenters. The highest BCUT2D eigenvalue weighted by atomic mass is 35.5. The summed E-state index contributed by atoms with van der Waals surface area (Å²) in [6, 6.07) is 2.39. The third-order valence-corrected chi connectivity index (χ3v) is 2.68. The molecule has 0 aliphatic rings. The summed E-state index contributed by atoms with van der Waals surface area (Å²) in [6.45, 7) is 5.46. The summed E-state index contributed by atoms with van der Waals surface area (Å²) in [5, 5.41) is 4.01. The molecule has 92 valence electrons. The summed E-state index contributed by atoms with van der Waals surface area (Å²) in [4.78, 5) is 6.17. The van der Waals surface area contributed by atoms with Crippen LogP contribution >= 0.6 is 11.6 Å². The fraction of sp³-hybridized carbons (Fsp3) is 0.462. The molecule has 0 aromatic carbocycles. The van der Waals surface area contributed by atoms with Crippen molar-refractivity contribution in [2.24, 2.45) is 0 Å². The van der Waals surface area contributed by atoms with Crippen molar-refractivity contribution in [1.29, 1.82) is 0 Å². The topological polar surface area (TPSA) is 28.2 Å². The number of pyridine rings is 1. The molecule has 1 N–H and O–H groups in total. The third kappa shape index (κ3) is 4.26. The zero-order valence-corrected chi connectivity index (χ0v) is 11.3. The summed E-state index contributed by atoms with van der Waals surface area (Å²) in [5.41, 5.74) is 1.04. The molecule has 0 aliphatic carbocycles. The fourth-order valence-corrected chi connectivity index (χ4v) is 1.51. The molecule has 0 bridgehead atoms. The van der Waals surface area contributed by atoms with Crippen LogP contribution in [0.1, 0.15) is 19.4 Å². The Bertz CT molecular complexity index is 410. The minimum absolute atomic E-state index is 0.422. The minimum atomic E-state index is 0.422. The van der Waals surface area contributed by atoms with Crippen molar-refractivity contribution in [3.05, 3.63) is 22.8 Å². The van der Waals surface area contributed by atoms with Crippen LogP contribution in [-0.2, 0) is 6.54 Å². The molecule has 0 amide bonds. The molecule has 1 aromatic rings. The van der Waals surface area contributed by atoms with Crippen molar-refractivity contribution in [2.75, 3.05) is 18.5 Å². The molecule has 0 fully saturated rings. The normalized spacial score (nSPS) is 10.4. The number of terminal acetylenes is 1. The lowest BCUT2D eigenvalue weighted by atomic mass is 10.2. The average molecular weight is 252 g/mol. The Morgan fingerprint density at radius 1 is 1.59 bits per heavy atom. The van der Waals surface area contributed by atoms with Crippen LogP contribution in [0.5, 0.6) is 0 Å². The molecule has 1 rings (SSSR count). The van der Waals surface area contributed by atoms with Gasteiger partial charge in [0.1, 0.15) is 5.82 Å². The second-order valence-electron chi connectivity index (χ2n) is 4.23. The quantitative estimate of drug-likeness (QED) is 0.814. The lowest BCUT2D eigenvalue weighted by Crippen LogP contribution is -2.23. The molecule has 1 aromatic heterocycles. The van der Waals surface area contributed by atoms with E-state index in [4.69, 9.17) is 18.0 Å². The molecule has 0 spiro atoms. The van der Waals surface area contributed by atoms with Crippen molar-refractivity contribution in [3.8, 4) is 12.3 Å². The van der Waals surface area contributed by atoms with Crippen LogP contribution in [0.15, 0.2) is 12.3 Å². The summed E-state index contributed by atoms with van der Waals surface area (Å²) in [5.74, 6) is 3.43. The Labute approximate surface area is 108 Å². The Balaban J connectivity index is 2.83. The Morgan fingerprint density at radius 2 is 2.29 bits per heavy atom. The first-order valence-corrected chi connectivity index (χ1v) is 5.94. The van der Waals surface area contributed by atoms with E-state index in [0.29, 0.717) is 17.6 Å². The fourth-order valence-electron chi connectivity index (χ4n) is 1.34. The van der Waals surface area contributed by atoms with Gasteiger partial charge in [0.15, 0.2) is 0 Å². The molecular formula is C13H18ClN3. The maximum Gasteiger partial charge on any atom is 0.129 e. The summed E-state index contributed by atoms with van der Waals surface area (Å²) < 4.78 is 0. The van der Waals surface area contributed by atoms with Gasteiger partial charge in [0.05, 0.1) is 11.6 Å².